The van der Waals surface area contributed by atoms with Crippen LogP contribution in [0.15, 0.2) is 97.1 Å². The smallest absolute Gasteiger partial charge is 0.119 e. The third-order valence-electron chi connectivity index (χ3n) is 7.59. The van der Waals surface area contributed by atoms with Crippen molar-refractivity contribution in [3.8, 4) is 22.6 Å². The first-order valence-corrected chi connectivity index (χ1v) is 14.7. The van der Waals surface area contributed by atoms with Crippen molar-refractivity contribution < 1.29 is 19.3 Å². The Balaban J connectivity index is 1.48. The van der Waals surface area contributed by atoms with Gasteiger partial charge in [-0.1, -0.05) is 107 Å². The second-order valence-electron chi connectivity index (χ2n) is 12.1. The number of aliphatic hydroxyl groups excluding tert-OH is 1. The predicted octanol–water partition coefficient (Wildman–Crippen LogP) is 8.03. The average molecular weight is 551 g/mol. The summed E-state index contributed by atoms with van der Waals surface area (Å²) < 4.78 is 17.6. The molecule has 5 rings (SSSR count). The molecular weight excluding hydrogens is 508 g/mol. The van der Waals surface area contributed by atoms with Crippen molar-refractivity contribution in [2.75, 3.05) is 26.4 Å². The van der Waals surface area contributed by atoms with E-state index in [9.17, 15) is 5.11 Å². The van der Waals surface area contributed by atoms with Gasteiger partial charge >= 0.3 is 0 Å². The van der Waals surface area contributed by atoms with Crippen molar-refractivity contribution in [2.24, 2.45) is 5.41 Å². The third kappa shape index (κ3) is 6.19. The molecule has 0 bridgehead atoms. The summed E-state index contributed by atoms with van der Waals surface area (Å²) in [5.41, 5.74) is 6.98. The van der Waals surface area contributed by atoms with Crippen molar-refractivity contribution >= 4 is 0 Å². The molecule has 0 aromatic heterocycles. The zero-order valence-corrected chi connectivity index (χ0v) is 24.7. The topological polar surface area (TPSA) is 47.9 Å². The zero-order valence-electron chi connectivity index (χ0n) is 24.7. The largest absolute Gasteiger partial charge is 0.493 e. The fourth-order valence-corrected chi connectivity index (χ4v) is 5.63. The Labute approximate surface area is 244 Å². The molecule has 1 aliphatic rings. The standard InChI is InChI=1S/C37H42O4/c1-5-6-23-39-24-29(38)25-40-30-19-15-27(16-20-30)37(28-17-21-31(22-18-28)41-26-36(2,3)4)34-13-9-7-11-32(34)33-12-8-10-14-35(33)37/h7-22,29,38H,5-6,23-26H2,1-4H3. The van der Waals surface area contributed by atoms with Crippen molar-refractivity contribution in [1.29, 1.82) is 0 Å². The molecule has 214 valence electrons. The van der Waals surface area contributed by atoms with Crippen LogP contribution in [0.2, 0.25) is 0 Å². The minimum atomic E-state index is -0.662. The molecule has 0 saturated heterocycles. The van der Waals surface area contributed by atoms with Gasteiger partial charge in [-0.2, -0.15) is 0 Å². The summed E-state index contributed by atoms with van der Waals surface area (Å²) >= 11 is 0. The molecule has 4 heteroatoms. The summed E-state index contributed by atoms with van der Waals surface area (Å²) in [6.07, 6.45) is 1.41. The highest BCUT2D eigenvalue weighted by Crippen LogP contribution is 2.56. The summed E-state index contributed by atoms with van der Waals surface area (Å²) in [6.45, 7) is 10.5. The summed E-state index contributed by atoms with van der Waals surface area (Å²) in [7, 11) is 0. The molecular formula is C37H42O4. The number of aliphatic hydroxyl groups is 1. The van der Waals surface area contributed by atoms with Gasteiger partial charge in [0.2, 0.25) is 0 Å². The maximum atomic E-state index is 10.3. The number of rotatable bonds is 12. The second kappa shape index (κ2) is 12.5. The average Bonchev–Trinajstić information content (AvgIpc) is 3.29. The van der Waals surface area contributed by atoms with Gasteiger partial charge in [-0.05, 0) is 69.5 Å². The van der Waals surface area contributed by atoms with E-state index >= 15 is 0 Å². The zero-order chi connectivity index (χ0) is 28.9. The molecule has 0 aliphatic heterocycles. The van der Waals surface area contributed by atoms with Crippen LogP contribution >= 0.6 is 0 Å². The lowest BCUT2D eigenvalue weighted by Gasteiger charge is -2.34. The number of unbranched alkanes of at least 4 members (excludes halogenated alkanes) is 1. The molecule has 4 aromatic rings. The van der Waals surface area contributed by atoms with E-state index in [0.29, 0.717) is 13.2 Å². The highest BCUT2D eigenvalue weighted by molar-refractivity contribution is 5.86. The lowest BCUT2D eigenvalue weighted by molar-refractivity contribution is 0.0113. The highest BCUT2D eigenvalue weighted by Gasteiger charge is 2.45. The van der Waals surface area contributed by atoms with E-state index < -0.39 is 11.5 Å². The number of benzene rings is 4. The van der Waals surface area contributed by atoms with E-state index in [2.05, 4.69) is 113 Å². The van der Waals surface area contributed by atoms with Crippen LogP contribution in [0.25, 0.3) is 11.1 Å². The molecule has 0 spiro atoms. The molecule has 1 aliphatic carbocycles. The SMILES string of the molecule is CCCCOCC(O)COc1ccc(C2(c3ccc(OCC(C)(C)C)cc3)c3ccccc3-c3ccccc32)cc1. The summed E-state index contributed by atoms with van der Waals surface area (Å²) in [5.74, 6) is 1.60. The maximum Gasteiger partial charge on any atom is 0.119 e. The van der Waals surface area contributed by atoms with Gasteiger partial charge in [-0.3, -0.25) is 0 Å². The number of hydrogen-bond acceptors (Lipinski definition) is 4. The lowest BCUT2D eigenvalue weighted by Crippen LogP contribution is -2.28. The summed E-state index contributed by atoms with van der Waals surface area (Å²) in [5, 5.41) is 10.3. The normalized spacial score (nSPS) is 14.3. The third-order valence-corrected chi connectivity index (χ3v) is 7.59. The quantitative estimate of drug-likeness (QED) is 0.160. The molecule has 0 radical (unpaired) electrons. The fourth-order valence-electron chi connectivity index (χ4n) is 5.63. The Bertz CT molecular complexity index is 1370. The lowest BCUT2D eigenvalue weighted by atomic mass is 9.68. The van der Waals surface area contributed by atoms with Gasteiger partial charge in [0.15, 0.2) is 0 Å². The van der Waals surface area contributed by atoms with Crippen LogP contribution in [0.4, 0.5) is 0 Å². The molecule has 1 N–H and O–H groups in total. The molecule has 4 aromatic carbocycles. The molecule has 0 saturated carbocycles. The van der Waals surface area contributed by atoms with Crippen LogP contribution < -0.4 is 9.47 Å². The Morgan fingerprint density at radius 1 is 0.683 bits per heavy atom. The van der Waals surface area contributed by atoms with Gasteiger partial charge in [-0.25, -0.2) is 0 Å². The number of ether oxygens (including phenoxy) is 3. The van der Waals surface area contributed by atoms with Crippen LogP contribution in [0, 0.1) is 5.41 Å². The van der Waals surface area contributed by atoms with Crippen molar-refractivity contribution in [1.82, 2.24) is 0 Å². The summed E-state index contributed by atoms with van der Waals surface area (Å²) in [6, 6.07) is 34.3. The second-order valence-corrected chi connectivity index (χ2v) is 12.1. The fraction of sp³-hybridized carbons (Fsp3) is 0.351. The Hall–Kier alpha value is -3.60. The van der Waals surface area contributed by atoms with Gasteiger partial charge in [0.1, 0.15) is 24.2 Å². The minimum Gasteiger partial charge on any atom is -0.493 e. The maximum absolute atomic E-state index is 10.3. The van der Waals surface area contributed by atoms with Crippen molar-refractivity contribution in [3.05, 3.63) is 119 Å². The predicted molar refractivity (Wildman–Crippen MR) is 166 cm³/mol. The van der Waals surface area contributed by atoms with Crippen LogP contribution in [0.1, 0.15) is 62.8 Å². The first kappa shape index (κ1) is 28.9. The van der Waals surface area contributed by atoms with Gasteiger partial charge in [0, 0.05) is 6.61 Å². The highest BCUT2D eigenvalue weighted by atomic mass is 16.5. The van der Waals surface area contributed by atoms with E-state index in [1.807, 2.05) is 12.1 Å². The molecule has 41 heavy (non-hydrogen) atoms. The molecule has 1 atom stereocenters. The Kier molecular flexibility index (Phi) is 8.82. The first-order chi connectivity index (χ1) is 19.8. The summed E-state index contributed by atoms with van der Waals surface area (Å²) in [4.78, 5) is 0. The molecule has 0 amide bonds. The van der Waals surface area contributed by atoms with Gasteiger partial charge < -0.3 is 19.3 Å². The van der Waals surface area contributed by atoms with Crippen LogP contribution in [0.5, 0.6) is 11.5 Å². The van der Waals surface area contributed by atoms with Gasteiger partial charge in [0.05, 0.1) is 18.6 Å². The van der Waals surface area contributed by atoms with Crippen molar-refractivity contribution in [2.45, 2.75) is 52.1 Å². The Morgan fingerprint density at radius 3 is 1.71 bits per heavy atom. The number of fused-ring (bicyclic) bond motifs is 3. The van der Waals surface area contributed by atoms with Crippen LogP contribution in [0.3, 0.4) is 0 Å². The van der Waals surface area contributed by atoms with Crippen molar-refractivity contribution in [3.63, 3.8) is 0 Å². The molecule has 1 unspecified atom stereocenters. The van der Waals surface area contributed by atoms with E-state index in [0.717, 1.165) is 29.9 Å². The van der Waals surface area contributed by atoms with E-state index in [-0.39, 0.29) is 18.6 Å². The van der Waals surface area contributed by atoms with Gasteiger partial charge in [0.25, 0.3) is 0 Å². The van der Waals surface area contributed by atoms with Crippen LogP contribution in [-0.4, -0.2) is 37.6 Å². The monoisotopic (exact) mass is 550 g/mol. The van der Waals surface area contributed by atoms with E-state index in [1.54, 1.807) is 0 Å². The molecule has 4 nitrogen and oxygen atoms in total. The van der Waals surface area contributed by atoms with E-state index in [1.165, 1.54) is 27.8 Å². The Morgan fingerprint density at radius 2 is 1.20 bits per heavy atom. The molecule has 0 fully saturated rings. The minimum absolute atomic E-state index is 0.0885. The molecule has 0 heterocycles. The van der Waals surface area contributed by atoms with Gasteiger partial charge in [-0.15, -0.1) is 0 Å². The first-order valence-electron chi connectivity index (χ1n) is 14.7. The van der Waals surface area contributed by atoms with E-state index in [4.69, 9.17) is 14.2 Å². The number of hydrogen-bond donors (Lipinski definition) is 1. The van der Waals surface area contributed by atoms with Crippen LogP contribution in [-0.2, 0) is 10.2 Å².